The van der Waals surface area contributed by atoms with Gasteiger partial charge in [-0.1, -0.05) is 25.4 Å². The van der Waals surface area contributed by atoms with Gasteiger partial charge < -0.3 is 10.4 Å². The van der Waals surface area contributed by atoms with E-state index in [1.807, 2.05) is 13.8 Å². The molecule has 0 fully saturated rings. The third-order valence-corrected chi connectivity index (χ3v) is 3.35. The second-order valence-corrected chi connectivity index (χ2v) is 5.80. The predicted molar refractivity (Wildman–Crippen MR) is 87.2 cm³/mol. The lowest BCUT2D eigenvalue weighted by Gasteiger charge is -2.12. The van der Waals surface area contributed by atoms with Crippen molar-refractivity contribution in [1.82, 2.24) is 9.97 Å². The molecule has 0 bridgehead atoms. The number of nitrogens with one attached hydrogen (secondary N) is 1. The first-order valence-electron chi connectivity index (χ1n) is 6.96. The number of halogens is 1. The SMILES string of the molecule is Cc1ncc(C(=O)Nc2cc(Cl)cc(C(=O)O)c2)c(C(C)C)n1. The molecule has 0 saturated heterocycles. The standard InChI is InChI=1S/C16H16ClN3O3/c1-8(2)14-13(7-18-9(3)19-14)15(21)20-12-5-10(16(22)23)4-11(17)6-12/h4-8H,1-3H3,(H,20,21)(H,22,23). The maximum absolute atomic E-state index is 12.5. The Morgan fingerprint density at radius 3 is 2.57 bits per heavy atom. The highest BCUT2D eigenvalue weighted by atomic mass is 35.5. The number of carboxylic acid groups (broad SMARTS) is 1. The van der Waals surface area contributed by atoms with E-state index >= 15 is 0 Å². The largest absolute Gasteiger partial charge is 0.478 e. The number of carbonyl (C=O) groups is 2. The number of carboxylic acids is 1. The topological polar surface area (TPSA) is 92.2 Å². The molecule has 0 aliphatic rings. The summed E-state index contributed by atoms with van der Waals surface area (Å²) in [7, 11) is 0. The van der Waals surface area contributed by atoms with E-state index in [9.17, 15) is 9.59 Å². The van der Waals surface area contributed by atoms with Crippen molar-refractivity contribution in [3.8, 4) is 0 Å². The normalized spacial score (nSPS) is 10.7. The van der Waals surface area contributed by atoms with Gasteiger partial charge in [0.15, 0.2) is 0 Å². The monoisotopic (exact) mass is 333 g/mol. The van der Waals surface area contributed by atoms with Crippen molar-refractivity contribution in [3.63, 3.8) is 0 Å². The van der Waals surface area contributed by atoms with Crippen LogP contribution in [0.2, 0.25) is 5.02 Å². The van der Waals surface area contributed by atoms with Crippen LogP contribution >= 0.6 is 11.6 Å². The quantitative estimate of drug-likeness (QED) is 0.893. The average Bonchev–Trinajstić information content (AvgIpc) is 2.46. The number of aromatic carboxylic acids is 1. The fraction of sp³-hybridized carbons (Fsp3) is 0.250. The van der Waals surface area contributed by atoms with Gasteiger partial charge >= 0.3 is 5.97 Å². The van der Waals surface area contributed by atoms with E-state index in [1.165, 1.54) is 24.4 Å². The molecule has 1 amide bonds. The zero-order valence-corrected chi connectivity index (χ0v) is 13.7. The summed E-state index contributed by atoms with van der Waals surface area (Å²) in [5.74, 6) is -0.899. The maximum atomic E-state index is 12.5. The fourth-order valence-corrected chi connectivity index (χ4v) is 2.32. The molecule has 1 aromatic carbocycles. The van der Waals surface area contributed by atoms with Crippen LogP contribution < -0.4 is 5.32 Å². The van der Waals surface area contributed by atoms with E-state index in [0.717, 1.165) is 0 Å². The van der Waals surface area contributed by atoms with Crippen molar-refractivity contribution in [1.29, 1.82) is 0 Å². The van der Waals surface area contributed by atoms with Gasteiger partial charge in [-0.15, -0.1) is 0 Å². The highest BCUT2D eigenvalue weighted by Crippen LogP contribution is 2.22. The molecule has 0 radical (unpaired) electrons. The number of carbonyl (C=O) groups excluding carboxylic acids is 1. The van der Waals surface area contributed by atoms with Crippen molar-refractivity contribution >= 4 is 29.2 Å². The highest BCUT2D eigenvalue weighted by Gasteiger charge is 2.17. The fourth-order valence-electron chi connectivity index (χ4n) is 2.09. The zero-order valence-electron chi connectivity index (χ0n) is 12.9. The van der Waals surface area contributed by atoms with Gasteiger partial charge in [-0.2, -0.15) is 0 Å². The van der Waals surface area contributed by atoms with Gasteiger partial charge in [0.1, 0.15) is 5.82 Å². The number of nitrogens with zero attached hydrogens (tertiary/aromatic N) is 2. The number of hydrogen-bond donors (Lipinski definition) is 2. The number of rotatable bonds is 4. The van der Waals surface area contributed by atoms with Crippen LogP contribution in [0.5, 0.6) is 0 Å². The van der Waals surface area contributed by atoms with E-state index in [0.29, 0.717) is 22.8 Å². The van der Waals surface area contributed by atoms with Crippen LogP contribution in [-0.2, 0) is 0 Å². The van der Waals surface area contributed by atoms with Gasteiger partial charge in [0.25, 0.3) is 5.91 Å². The minimum Gasteiger partial charge on any atom is -0.478 e. The molecule has 6 nitrogen and oxygen atoms in total. The van der Waals surface area contributed by atoms with Crippen LogP contribution in [0.1, 0.15) is 52.0 Å². The molecule has 7 heteroatoms. The first-order valence-corrected chi connectivity index (χ1v) is 7.34. The molecule has 23 heavy (non-hydrogen) atoms. The van der Waals surface area contributed by atoms with Crippen molar-refractivity contribution in [2.24, 2.45) is 0 Å². The third-order valence-electron chi connectivity index (χ3n) is 3.13. The molecular formula is C16H16ClN3O3. The molecule has 2 N–H and O–H groups in total. The molecule has 0 atom stereocenters. The smallest absolute Gasteiger partial charge is 0.335 e. The Kier molecular flexibility index (Phi) is 4.95. The molecule has 0 spiro atoms. The molecule has 1 aromatic heterocycles. The molecule has 0 aliphatic carbocycles. The maximum Gasteiger partial charge on any atom is 0.335 e. The highest BCUT2D eigenvalue weighted by molar-refractivity contribution is 6.31. The Labute approximate surface area is 138 Å². The summed E-state index contributed by atoms with van der Waals surface area (Å²) in [5.41, 5.74) is 1.28. The van der Waals surface area contributed by atoms with E-state index in [1.54, 1.807) is 6.92 Å². The van der Waals surface area contributed by atoms with Gasteiger partial charge in [0, 0.05) is 16.9 Å². The number of benzene rings is 1. The van der Waals surface area contributed by atoms with Gasteiger partial charge in [-0.05, 0) is 31.0 Å². The van der Waals surface area contributed by atoms with Gasteiger partial charge in [-0.3, -0.25) is 4.79 Å². The lowest BCUT2D eigenvalue weighted by Crippen LogP contribution is -2.17. The Hall–Kier alpha value is -2.47. The molecule has 1 heterocycles. The van der Waals surface area contributed by atoms with Crippen LogP contribution in [0.25, 0.3) is 0 Å². The van der Waals surface area contributed by atoms with Crippen molar-refractivity contribution in [3.05, 3.63) is 52.1 Å². The Bertz CT molecular complexity index is 775. The minimum absolute atomic E-state index is 0.00274. The van der Waals surface area contributed by atoms with Gasteiger partial charge in [0.2, 0.25) is 0 Å². The minimum atomic E-state index is -1.12. The summed E-state index contributed by atoms with van der Waals surface area (Å²) >= 11 is 5.89. The Morgan fingerprint density at radius 1 is 1.26 bits per heavy atom. The first-order chi connectivity index (χ1) is 10.8. The summed E-state index contributed by atoms with van der Waals surface area (Å²) < 4.78 is 0. The van der Waals surface area contributed by atoms with Crippen LogP contribution in [0, 0.1) is 6.92 Å². The van der Waals surface area contributed by atoms with Crippen LogP contribution in [0.4, 0.5) is 5.69 Å². The molecule has 0 unspecified atom stereocenters. The average molecular weight is 334 g/mol. The predicted octanol–water partition coefficient (Wildman–Crippen LogP) is 3.51. The molecule has 2 aromatic rings. The molecule has 0 saturated carbocycles. The number of anilines is 1. The van der Waals surface area contributed by atoms with Crippen molar-refractivity contribution in [2.45, 2.75) is 26.7 Å². The van der Waals surface area contributed by atoms with E-state index in [4.69, 9.17) is 16.7 Å². The summed E-state index contributed by atoms with van der Waals surface area (Å²) in [5, 5.41) is 11.9. The first kappa shape index (κ1) is 16.9. The molecule has 0 aliphatic heterocycles. The van der Waals surface area contributed by atoms with Crippen molar-refractivity contribution < 1.29 is 14.7 Å². The van der Waals surface area contributed by atoms with Crippen LogP contribution in [-0.4, -0.2) is 27.0 Å². The van der Waals surface area contributed by atoms with E-state index < -0.39 is 11.9 Å². The van der Waals surface area contributed by atoms with Crippen LogP contribution in [0.3, 0.4) is 0 Å². The number of aryl methyl sites for hydroxylation is 1. The Balaban J connectivity index is 2.35. The zero-order chi connectivity index (χ0) is 17.1. The van der Waals surface area contributed by atoms with E-state index in [-0.39, 0.29) is 16.5 Å². The van der Waals surface area contributed by atoms with Gasteiger partial charge in [0.05, 0.1) is 16.8 Å². The van der Waals surface area contributed by atoms with Gasteiger partial charge in [-0.25, -0.2) is 14.8 Å². The lowest BCUT2D eigenvalue weighted by molar-refractivity contribution is 0.0696. The molecule has 2 rings (SSSR count). The summed E-state index contributed by atoms with van der Waals surface area (Å²) in [4.78, 5) is 31.9. The van der Waals surface area contributed by atoms with Crippen molar-refractivity contribution in [2.75, 3.05) is 5.32 Å². The second kappa shape index (κ2) is 6.75. The molecule has 120 valence electrons. The number of aromatic nitrogens is 2. The van der Waals surface area contributed by atoms with Crippen LogP contribution in [0.15, 0.2) is 24.4 Å². The third kappa shape index (κ3) is 4.04. The lowest BCUT2D eigenvalue weighted by atomic mass is 10.0. The second-order valence-electron chi connectivity index (χ2n) is 5.36. The summed E-state index contributed by atoms with van der Waals surface area (Å²) in [6, 6.07) is 4.14. The molecular weight excluding hydrogens is 318 g/mol. The summed E-state index contributed by atoms with van der Waals surface area (Å²) in [6.07, 6.45) is 1.47. The summed E-state index contributed by atoms with van der Waals surface area (Å²) in [6.45, 7) is 5.62. The Morgan fingerprint density at radius 2 is 1.96 bits per heavy atom. The van der Waals surface area contributed by atoms with E-state index in [2.05, 4.69) is 15.3 Å². The number of amides is 1. The number of hydrogen-bond acceptors (Lipinski definition) is 4.